The average molecular weight is 524 g/mol. The quantitative estimate of drug-likeness (QED) is 0.250. The van der Waals surface area contributed by atoms with E-state index in [9.17, 15) is 23.5 Å². The molecule has 202 valence electrons. The van der Waals surface area contributed by atoms with Crippen molar-refractivity contribution in [1.82, 2.24) is 10.6 Å². The summed E-state index contributed by atoms with van der Waals surface area (Å²) in [6, 6.07) is 19.5. The fraction of sp³-hybridized carbons (Fsp3) is 0.333. The van der Waals surface area contributed by atoms with Crippen molar-refractivity contribution in [2.75, 3.05) is 11.9 Å². The van der Waals surface area contributed by atoms with E-state index < -0.39 is 23.8 Å². The van der Waals surface area contributed by atoms with E-state index >= 15 is 0 Å². The molecular formula is C30H35F2N3O3. The molecule has 0 aliphatic rings. The Morgan fingerprint density at radius 3 is 2.24 bits per heavy atom. The normalized spacial score (nSPS) is 12.5. The Bertz CT molecular complexity index is 1170. The van der Waals surface area contributed by atoms with Gasteiger partial charge in [-0.15, -0.1) is 0 Å². The summed E-state index contributed by atoms with van der Waals surface area (Å²) in [6.07, 6.45) is 0.490. The molecule has 0 saturated carbocycles. The predicted octanol–water partition coefficient (Wildman–Crippen LogP) is 4.51. The summed E-state index contributed by atoms with van der Waals surface area (Å²) in [6.45, 7) is 2.77. The number of aliphatic hydroxyl groups is 1. The first kappa shape index (κ1) is 28.9. The fourth-order valence-electron chi connectivity index (χ4n) is 4.17. The van der Waals surface area contributed by atoms with Crippen molar-refractivity contribution in [2.45, 2.75) is 57.7 Å². The number of aliphatic hydroxyl groups excluding tert-OH is 1. The summed E-state index contributed by atoms with van der Waals surface area (Å²) in [5, 5.41) is 19.6. The van der Waals surface area contributed by atoms with Crippen molar-refractivity contribution in [1.29, 1.82) is 0 Å². The topological polar surface area (TPSA) is 90.5 Å². The van der Waals surface area contributed by atoms with Gasteiger partial charge in [-0.3, -0.25) is 9.59 Å². The maximum absolute atomic E-state index is 13.8. The third kappa shape index (κ3) is 10.0. The van der Waals surface area contributed by atoms with Crippen LogP contribution < -0.4 is 16.0 Å². The van der Waals surface area contributed by atoms with Crippen LogP contribution in [0.5, 0.6) is 0 Å². The summed E-state index contributed by atoms with van der Waals surface area (Å²) >= 11 is 0. The van der Waals surface area contributed by atoms with E-state index in [4.69, 9.17) is 0 Å². The molecule has 38 heavy (non-hydrogen) atoms. The van der Waals surface area contributed by atoms with Crippen LogP contribution in [0.25, 0.3) is 0 Å². The SMILES string of the molecule is CCc1cccc(CNC[C@@H](O)[C@H](Cc2cc(F)cc(F)c2)NC(=O)CCCC(=O)Nc2ccccc2)c1. The maximum atomic E-state index is 13.8. The predicted molar refractivity (Wildman–Crippen MR) is 144 cm³/mol. The number of carbonyl (C=O) groups excluding carboxylic acids is 2. The highest BCUT2D eigenvalue weighted by Crippen LogP contribution is 2.13. The Morgan fingerprint density at radius 1 is 0.842 bits per heavy atom. The molecule has 0 aliphatic heterocycles. The zero-order valence-corrected chi connectivity index (χ0v) is 21.6. The number of amides is 2. The number of hydrogen-bond acceptors (Lipinski definition) is 4. The minimum absolute atomic E-state index is 0.0447. The fourth-order valence-corrected chi connectivity index (χ4v) is 4.17. The molecule has 0 saturated heterocycles. The van der Waals surface area contributed by atoms with Crippen LogP contribution in [-0.4, -0.2) is 35.6 Å². The first-order valence-electron chi connectivity index (χ1n) is 12.9. The molecule has 2 amide bonds. The van der Waals surface area contributed by atoms with Crippen LogP contribution in [0.4, 0.5) is 14.5 Å². The minimum atomic E-state index is -1.01. The molecule has 0 heterocycles. The lowest BCUT2D eigenvalue weighted by Crippen LogP contribution is -2.48. The monoisotopic (exact) mass is 523 g/mol. The molecule has 6 nitrogen and oxygen atoms in total. The number of para-hydroxylation sites is 1. The lowest BCUT2D eigenvalue weighted by Gasteiger charge is -2.25. The summed E-state index contributed by atoms with van der Waals surface area (Å²) in [4.78, 5) is 24.8. The maximum Gasteiger partial charge on any atom is 0.224 e. The van der Waals surface area contributed by atoms with Crippen LogP contribution in [-0.2, 0) is 29.0 Å². The second-order valence-corrected chi connectivity index (χ2v) is 9.30. The van der Waals surface area contributed by atoms with Crippen LogP contribution in [0.3, 0.4) is 0 Å². The van der Waals surface area contributed by atoms with Crippen LogP contribution in [0.1, 0.15) is 42.9 Å². The number of anilines is 1. The van der Waals surface area contributed by atoms with Crippen LogP contribution in [0, 0.1) is 11.6 Å². The molecule has 0 radical (unpaired) electrons. The number of rotatable bonds is 14. The number of aryl methyl sites for hydroxylation is 1. The lowest BCUT2D eigenvalue weighted by atomic mass is 10.00. The number of hydrogen-bond donors (Lipinski definition) is 4. The minimum Gasteiger partial charge on any atom is -0.390 e. The van der Waals surface area contributed by atoms with Crippen LogP contribution >= 0.6 is 0 Å². The molecule has 0 aliphatic carbocycles. The third-order valence-corrected chi connectivity index (χ3v) is 6.14. The van der Waals surface area contributed by atoms with E-state index in [0.29, 0.717) is 24.2 Å². The van der Waals surface area contributed by atoms with Gasteiger partial charge in [-0.05, 0) is 60.2 Å². The molecule has 3 aromatic carbocycles. The van der Waals surface area contributed by atoms with Gasteiger partial charge in [0.2, 0.25) is 11.8 Å². The first-order valence-corrected chi connectivity index (χ1v) is 12.9. The third-order valence-electron chi connectivity index (χ3n) is 6.14. The molecular weight excluding hydrogens is 488 g/mol. The zero-order valence-electron chi connectivity index (χ0n) is 21.6. The Labute approximate surface area is 222 Å². The van der Waals surface area contributed by atoms with E-state index in [0.717, 1.165) is 18.1 Å². The van der Waals surface area contributed by atoms with Gasteiger partial charge in [0, 0.05) is 37.7 Å². The Balaban J connectivity index is 1.55. The van der Waals surface area contributed by atoms with E-state index in [2.05, 4.69) is 28.9 Å². The van der Waals surface area contributed by atoms with Crippen molar-refractivity contribution >= 4 is 17.5 Å². The van der Waals surface area contributed by atoms with E-state index in [1.807, 2.05) is 36.4 Å². The van der Waals surface area contributed by atoms with Gasteiger partial charge in [0.15, 0.2) is 0 Å². The van der Waals surface area contributed by atoms with E-state index in [-0.39, 0.29) is 37.6 Å². The Morgan fingerprint density at radius 2 is 1.53 bits per heavy atom. The highest BCUT2D eigenvalue weighted by molar-refractivity contribution is 5.90. The summed E-state index contributed by atoms with van der Waals surface area (Å²) in [5.41, 5.74) is 3.28. The van der Waals surface area contributed by atoms with Gasteiger partial charge in [-0.1, -0.05) is 49.4 Å². The lowest BCUT2D eigenvalue weighted by molar-refractivity contribution is -0.122. The van der Waals surface area contributed by atoms with Crippen molar-refractivity contribution < 1.29 is 23.5 Å². The Hall–Kier alpha value is -3.62. The number of benzene rings is 3. The number of nitrogens with one attached hydrogen (secondary N) is 3. The van der Waals surface area contributed by atoms with Gasteiger partial charge in [-0.2, -0.15) is 0 Å². The summed E-state index contributed by atoms with van der Waals surface area (Å²) < 4.78 is 27.5. The van der Waals surface area contributed by atoms with E-state index in [1.54, 1.807) is 12.1 Å². The summed E-state index contributed by atoms with van der Waals surface area (Å²) in [7, 11) is 0. The van der Waals surface area contributed by atoms with Gasteiger partial charge >= 0.3 is 0 Å². The molecule has 8 heteroatoms. The smallest absolute Gasteiger partial charge is 0.224 e. The molecule has 4 N–H and O–H groups in total. The van der Waals surface area contributed by atoms with Crippen molar-refractivity contribution in [3.63, 3.8) is 0 Å². The zero-order chi connectivity index (χ0) is 27.3. The van der Waals surface area contributed by atoms with Crippen molar-refractivity contribution in [3.8, 4) is 0 Å². The summed E-state index contributed by atoms with van der Waals surface area (Å²) in [5.74, 6) is -2.00. The molecule has 0 unspecified atom stereocenters. The molecule has 0 fully saturated rings. The van der Waals surface area contributed by atoms with Gasteiger partial charge in [0.1, 0.15) is 11.6 Å². The second-order valence-electron chi connectivity index (χ2n) is 9.30. The highest BCUT2D eigenvalue weighted by atomic mass is 19.1. The van der Waals surface area contributed by atoms with Crippen molar-refractivity contribution in [3.05, 3.63) is 101 Å². The van der Waals surface area contributed by atoms with Gasteiger partial charge < -0.3 is 21.1 Å². The molecule has 0 aromatic heterocycles. The number of carbonyl (C=O) groups is 2. The van der Waals surface area contributed by atoms with Gasteiger partial charge in [0.25, 0.3) is 0 Å². The molecule has 3 aromatic rings. The standard InChI is InChI=1S/C30H35F2N3O3/c1-2-21-8-6-9-22(14-21)19-33-20-28(36)27(17-23-15-24(31)18-25(32)16-23)35-30(38)13-7-12-29(37)34-26-10-4-3-5-11-26/h3-6,8-11,14-16,18,27-28,33,36H,2,7,12-13,17,19-20H2,1H3,(H,34,37)(H,35,38)/t27-,28+/m0/s1. The Kier molecular flexibility index (Phi) is 11.4. The van der Waals surface area contributed by atoms with Crippen LogP contribution in [0.2, 0.25) is 0 Å². The van der Waals surface area contributed by atoms with Crippen molar-refractivity contribution in [2.24, 2.45) is 0 Å². The number of halogens is 2. The molecule has 3 rings (SSSR count). The second kappa shape index (κ2) is 15.0. The van der Waals surface area contributed by atoms with E-state index in [1.165, 1.54) is 17.7 Å². The van der Waals surface area contributed by atoms with Gasteiger partial charge in [0.05, 0.1) is 12.1 Å². The molecule has 0 spiro atoms. The molecule has 0 bridgehead atoms. The highest BCUT2D eigenvalue weighted by Gasteiger charge is 2.22. The first-order chi connectivity index (χ1) is 18.3. The molecule has 2 atom stereocenters. The average Bonchev–Trinajstić information content (AvgIpc) is 2.88. The van der Waals surface area contributed by atoms with Crippen LogP contribution in [0.15, 0.2) is 72.8 Å². The largest absolute Gasteiger partial charge is 0.390 e. The van der Waals surface area contributed by atoms with Gasteiger partial charge in [-0.25, -0.2) is 8.78 Å².